The molecule has 6 heteroatoms. The van der Waals surface area contributed by atoms with Gasteiger partial charge in [-0.3, -0.25) is 19.5 Å². The van der Waals surface area contributed by atoms with Crippen molar-refractivity contribution >= 4 is 0 Å². The first-order valence-corrected chi connectivity index (χ1v) is 12.1. The highest BCUT2D eigenvalue weighted by Crippen LogP contribution is 2.28. The molecule has 176 valence electrons. The van der Waals surface area contributed by atoms with E-state index in [1.165, 1.54) is 29.5 Å². The molecule has 0 spiro atoms. The van der Waals surface area contributed by atoms with Gasteiger partial charge in [0.1, 0.15) is 0 Å². The van der Waals surface area contributed by atoms with E-state index < -0.39 is 0 Å². The first kappa shape index (κ1) is 23.6. The second-order valence-electron chi connectivity index (χ2n) is 9.22. The van der Waals surface area contributed by atoms with E-state index in [2.05, 4.69) is 62.5 Å². The molecule has 3 heterocycles. The monoisotopic (exact) mass is 447 g/mol. The molecule has 1 fully saturated rings. The van der Waals surface area contributed by atoms with Crippen molar-refractivity contribution in [3.8, 4) is 0 Å². The van der Waals surface area contributed by atoms with Crippen LogP contribution in [-0.4, -0.2) is 64.0 Å². The van der Waals surface area contributed by atoms with Crippen LogP contribution < -0.4 is 0 Å². The molecule has 1 aliphatic rings. The van der Waals surface area contributed by atoms with Crippen LogP contribution in [0.5, 0.6) is 0 Å². The van der Waals surface area contributed by atoms with Gasteiger partial charge < -0.3 is 4.74 Å². The van der Waals surface area contributed by atoms with Gasteiger partial charge in [-0.15, -0.1) is 0 Å². The van der Waals surface area contributed by atoms with Gasteiger partial charge in [0.2, 0.25) is 0 Å². The number of benzene rings is 1. The molecular formula is C27H37N5O. The molecule has 6 nitrogen and oxygen atoms in total. The summed E-state index contributed by atoms with van der Waals surface area (Å²) in [6.45, 7) is 5.84. The molecular weight excluding hydrogens is 410 g/mol. The number of hydrogen-bond donors (Lipinski definition) is 0. The second kappa shape index (κ2) is 12.1. The lowest BCUT2D eigenvalue weighted by molar-refractivity contribution is 0.0571. The Morgan fingerprint density at radius 3 is 2.48 bits per heavy atom. The van der Waals surface area contributed by atoms with Crippen LogP contribution in [0, 0.1) is 5.92 Å². The fraction of sp³-hybridized carbons (Fsp3) is 0.481. The van der Waals surface area contributed by atoms with Crippen molar-refractivity contribution in [2.24, 2.45) is 13.0 Å². The van der Waals surface area contributed by atoms with Crippen LogP contribution in [-0.2, 0) is 31.3 Å². The maximum Gasteiger partial charge on any atom is 0.0589 e. The highest BCUT2D eigenvalue weighted by molar-refractivity contribution is 5.17. The van der Waals surface area contributed by atoms with Crippen molar-refractivity contribution in [3.05, 3.63) is 83.9 Å². The van der Waals surface area contributed by atoms with Gasteiger partial charge >= 0.3 is 0 Å². The Morgan fingerprint density at radius 1 is 1.03 bits per heavy atom. The van der Waals surface area contributed by atoms with E-state index in [9.17, 15) is 0 Å². The van der Waals surface area contributed by atoms with Crippen LogP contribution in [0.2, 0.25) is 0 Å². The van der Waals surface area contributed by atoms with E-state index in [1.807, 2.05) is 36.4 Å². The lowest BCUT2D eigenvalue weighted by atomic mass is 9.84. The molecule has 0 saturated carbocycles. The summed E-state index contributed by atoms with van der Waals surface area (Å²) >= 11 is 0. The minimum Gasteiger partial charge on any atom is -0.383 e. The smallest absolute Gasteiger partial charge is 0.0589 e. The largest absolute Gasteiger partial charge is 0.383 e. The number of nitrogens with zero attached hydrogens (tertiary/aromatic N) is 5. The normalized spacial score (nSPS) is 16.3. The molecule has 1 saturated heterocycles. The predicted octanol–water partition coefficient (Wildman–Crippen LogP) is 3.79. The first-order chi connectivity index (χ1) is 16.2. The third-order valence-corrected chi connectivity index (χ3v) is 6.79. The maximum absolute atomic E-state index is 5.51. The predicted molar refractivity (Wildman–Crippen MR) is 132 cm³/mol. The third-order valence-electron chi connectivity index (χ3n) is 6.79. The number of piperidine rings is 1. The molecule has 0 N–H and O–H groups in total. The SMILES string of the molecule is COCCN(Cc1cccnc1)C(Cc1ccccc1)C1CCN(Cc2cnn(C)c2)CC1. The molecule has 1 aliphatic heterocycles. The van der Waals surface area contributed by atoms with Crippen molar-refractivity contribution in [1.82, 2.24) is 24.6 Å². The van der Waals surface area contributed by atoms with E-state index in [1.54, 1.807) is 7.11 Å². The van der Waals surface area contributed by atoms with Gasteiger partial charge in [0.05, 0.1) is 12.8 Å². The van der Waals surface area contributed by atoms with E-state index in [4.69, 9.17) is 4.74 Å². The van der Waals surface area contributed by atoms with Crippen molar-refractivity contribution in [1.29, 1.82) is 0 Å². The van der Waals surface area contributed by atoms with Gasteiger partial charge in [-0.05, 0) is 55.5 Å². The minimum absolute atomic E-state index is 0.475. The summed E-state index contributed by atoms with van der Waals surface area (Å²) < 4.78 is 7.40. The van der Waals surface area contributed by atoms with Crippen LogP contribution >= 0.6 is 0 Å². The number of likely N-dealkylation sites (tertiary alicyclic amines) is 1. The van der Waals surface area contributed by atoms with Crippen LogP contribution in [0.15, 0.2) is 67.3 Å². The number of ether oxygens (including phenoxy) is 1. The van der Waals surface area contributed by atoms with Crippen molar-refractivity contribution < 1.29 is 4.74 Å². The molecule has 2 aromatic heterocycles. The zero-order valence-electron chi connectivity index (χ0n) is 20.0. The highest BCUT2D eigenvalue weighted by atomic mass is 16.5. The van der Waals surface area contributed by atoms with Crippen LogP contribution in [0.25, 0.3) is 0 Å². The number of pyridine rings is 1. The Labute approximate surface area is 198 Å². The lowest BCUT2D eigenvalue weighted by Gasteiger charge is -2.41. The van der Waals surface area contributed by atoms with Crippen molar-refractivity contribution in [2.45, 2.75) is 38.4 Å². The van der Waals surface area contributed by atoms with Crippen molar-refractivity contribution in [3.63, 3.8) is 0 Å². The van der Waals surface area contributed by atoms with E-state index in [0.29, 0.717) is 12.0 Å². The molecule has 1 atom stereocenters. The third kappa shape index (κ3) is 6.97. The fourth-order valence-corrected chi connectivity index (χ4v) is 5.05. The lowest BCUT2D eigenvalue weighted by Crippen LogP contribution is -2.47. The summed E-state index contributed by atoms with van der Waals surface area (Å²) in [5.74, 6) is 0.656. The number of rotatable bonds is 11. The second-order valence-corrected chi connectivity index (χ2v) is 9.22. The van der Waals surface area contributed by atoms with Crippen LogP contribution in [0.1, 0.15) is 29.5 Å². The average molecular weight is 448 g/mol. The van der Waals surface area contributed by atoms with Gasteiger partial charge in [0.25, 0.3) is 0 Å². The van der Waals surface area contributed by atoms with Gasteiger partial charge in [-0.1, -0.05) is 36.4 Å². The average Bonchev–Trinajstić information content (AvgIpc) is 3.26. The number of methoxy groups -OCH3 is 1. The van der Waals surface area contributed by atoms with Gasteiger partial charge in [0, 0.05) is 64.0 Å². The summed E-state index contributed by atoms with van der Waals surface area (Å²) in [5.41, 5.74) is 3.98. The Balaban J connectivity index is 1.48. The van der Waals surface area contributed by atoms with E-state index >= 15 is 0 Å². The van der Waals surface area contributed by atoms with Crippen LogP contribution in [0.4, 0.5) is 0 Å². The first-order valence-electron chi connectivity index (χ1n) is 12.1. The zero-order valence-corrected chi connectivity index (χ0v) is 20.0. The summed E-state index contributed by atoms with van der Waals surface area (Å²) in [5, 5.41) is 4.33. The Kier molecular flexibility index (Phi) is 8.64. The topological polar surface area (TPSA) is 46.4 Å². The quantitative estimate of drug-likeness (QED) is 0.448. The van der Waals surface area contributed by atoms with E-state index in [-0.39, 0.29) is 0 Å². The Hall–Kier alpha value is -2.54. The molecule has 0 aliphatic carbocycles. The zero-order chi connectivity index (χ0) is 22.9. The molecule has 33 heavy (non-hydrogen) atoms. The summed E-state index contributed by atoms with van der Waals surface area (Å²) in [7, 11) is 3.78. The van der Waals surface area contributed by atoms with Crippen LogP contribution in [0.3, 0.4) is 0 Å². The number of aromatic nitrogens is 3. The molecule has 1 aromatic carbocycles. The maximum atomic E-state index is 5.51. The Morgan fingerprint density at radius 2 is 1.82 bits per heavy atom. The molecule has 0 radical (unpaired) electrons. The standard InChI is InChI=1S/C27H37N5O/c1-30-20-25(19-29-30)21-31-13-10-26(11-14-31)27(17-23-7-4-3-5-8-23)32(15-16-33-2)22-24-9-6-12-28-18-24/h3-9,12,18-20,26-27H,10-11,13-17,21-22H2,1-2H3. The van der Waals surface area contributed by atoms with E-state index in [0.717, 1.165) is 45.8 Å². The van der Waals surface area contributed by atoms with Gasteiger partial charge in [-0.25, -0.2) is 0 Å². The number of hydrogen-bond acceptors (Lipinski definition) is 5. The summed E-state index contributed by atoms with van der Waals surface area (Å²) in [6, 6.07) is 15.6. The molecule has 0 bridgehead atoms. The number of aryl methyl sites for hydroxylation is 1. The minimum atomic E-state index is 0.475. The molecule has 0 amide bonds. The molecule has 4 rings (SSSR count). The summed E-state index contributed by atoms with van der Waals surface area (Å²) in [6.07, 6.45) is 11.5. The fourth-order valence-electron chi connectivity index (χ4n) is 5.05. The van der Waals surface area contributed by atoms with Crippen molar-refractivity contribution in [2.75, 3.05) is 33.4 Å². The van der Waals surface area contributed by atoms with Gasteiger partial charge in [-0.2, -0.15) is 5.10 Å². The Bertz CT molecular complexity index is 937. The van der Waals surface area contributed by atoms with Gasteiger partial charge in [0.15, 0.2) is 0 Å². The molecule has 3 aromatic rings. The summed E-state index contributed by atoms with van der Waals surface area (Å²) in [4.78, 5) is 9.56. The molecule has 1 unspecified atom stereocenters. The highest BCUT2D eigenvalue weighted by Gasteiger charge is 2.31.